The van der Waals surface area contributed by atoms with Crippen LogP contribution in [0.5, 0.6) is 0 Å². The van der Waals surface area contributed by atoms with Crippen molar-refractivity contribution in [1.29, 1.82) is 0 Å². The molecule has 0 spiro atoms. The van der Waals surface area contributed by atoms with Crippen molar-refractivity contribution < 1.29 is 9.90 Å². The van der Waals surface area contributed by atoms with E-state index in [9.17, 15) is 9.90 Å². The summed E-state index contributed by atoms with van der Waals surface area (Å²) >= 11 is 1.54. The van der Waals surface area contributed by atoms with Crippen LogP contribution in [-0.4, -0.2) is 20.5 Å². The number of carbonyl (C=O) groups is 1. The Balaban J connectivity index is 2.37. The molecule has 5 heteroatoms. The van der Waals surface area contributed by atoms with E-state index in [1.165, 1.54) is 11.3 Å². The molecule has 1 N–H and O–H groups in total. The molecule has 0 aliphatic rings. The van der Waals surface area contributed by atoms with Gasteiger partial charge in [-0.3, -0.25) is 4.40 Å². The van der Waals surface area contributed by atoms with E-state index in [-0.39, 0.29) is 5.69 Å². The molecule has 3 rings (SSSR count). The topological polar surface area (TPSA) is 54.6 Å². The summed E-state index contributed by atoms with van der Waals surface area (Å²) in [5.74, 6) is -0.278. The van der Waals surface area contributed by atoms with Crippen LogP contribution >= 0.6 is 11.3 Å². The smallest absolute Gasteiger partial charge is 0.352 e. The highest BCUT2D eigenvalue weighted by Gasteiger charge is 2.14. The van der Waals surface area contributed by atoms with Gasteiger partial charge in [0.1, 0.15) is 5.69 Å². The molecule has 0 fully saturated rings. The number of pyridine rings is 1. The number of hydrogen-bond acceptors (Lipinski definition) is 3. The van der Waals surface area contributed by atoms with E-state index >= 15 is 0 Å². The van der Waals surface area contributed by atoms with E-state index in [4.69, 9.17) is 0 Å². The minimum atomic E-state index is -0.952. The fourth-order valence-electron chi connectivity index (χ4n) is 1.79. The van der Waals surface area contributed by atoms with Crippen LogP contribution < -0.4 is 0 Å². The summed E-state index contributed by atoms with van der Waals surface area (Å²) in [7, 11) is 0. The first kappa shape index (κ1) is 10.0. The normalized spacial score (nSPS) is 10.8. The average molecular weight is 244 g/mol. The van der Waals surface area contributed by atoms with Gasteiger partial charge in [0.2, 0.25) is 0 Å². The molecule has 0 aliphatic heterocycles. The number of hydrogen-bond donors (Lipinski definition) is 1. The van der Waals surface area contributed by atoms with Crippen molar-refractivity contribution >= 4 is 22.8 Å². The Kier molecular flexibility index (Phi) is 2.19. The van der Waals surface area contributed by atoms with E-state index in [1.807, 2.05) is 23.6 Å². The molecule has 3 heterocycles. The van der Waals surface area contributed by atoms with Crippen LogP contribution in [0.3, 0.4) is 0 Å². The first-order valence-electron chi connectivity index (χ1n) is 5.01. The van der Waals surface area contributed by atoms with Gasteiger partial charge in [-0.25, -0.2) is 9.78 Å². The monoisotopic (exact) mass is 244 g/mol. The average Bonchev–Trinajstić information content (AvgIpc) is 2.96. The highest BCUT2D eigenvalue weighted by molar-refractivity contribution is 7.13. The summed E-state index contributed by atoms with van der Waals surface area (Å²) in [6.07, 6.45) is 1.68. The van der Waals surface area contributed by atoms with Gasteiger partial charge < -0.3 is 5.11 Å². The van der Waals surface area contributed by atoms with Crippen molar-refractivity contribution in [1.82, 2.24) is 9.38 Å². The van der Waals surface area contributed by atoms with E-state index in [0.717, 1.165) is 10.4 Å². The lowest BCUT2D eigenvalue weighted by Gasteiger charge is -2.03. The molecule has 0 saturated carbocycles. The highest BCUT2D eigenvalue weighted by Crippen LogP contribution is 2.25. The number of imidazole rings is 1. The molecule has 17 heavy (non-hydrogen) atoms. The molecule has 0 amide bonds. The van der Waals surface area contributed by atoms with Gasteiger partial charge >= 0.3 is 5.97 Å². The maximum Gasteiger partial charge on any atom is 0.352 e. The minimum absolute atomic E-state index is 0.225. The molecule has 3 aromatic heterocycles. The van der Waals surface area contributed by atoms with Crippen molar-refractivity contribution in [2.45, 2.75) is 0 Å². The number of nitrogens with zero attached hydrogens (tertiary/aromatic N) is 2. The Labute approximate surface area is 101 Å². The van der Waals surface area contributed by atoms with Crippen molar-refractivity contribution in [3.8, 4) is 10.7 Å². The van der Waals surface area contributed by atoms with Gasteiger partial charge in [0.15, 0.2) is 5.82 Å². The van der Waals surface area contributed by atoms with Gasteiger partial charge in [0.25, 0.3) is 0 Å². The SMILES string of the molecule is O=C(O)c1cccc2cnc(-c3cccs3)n12. The molecule has 0 unspecified atom stereocenters. The number of rotatable bonds is 2. The number of fused-ring (bicyclic) bond motifs is 1. The number of carboxylic acids is 1. The molecule has 4 nitrogen and oxygen atoms in total. The van der Waals surface area contributed by atoms with Gasteiger partial charge in [-0.15, -0.1) is 11.3 Å². The third-order valence-electron chi connectivity index (χ3n) is 2.51. The predicted octanol–water partition coefficient (Wildman–Crippen LogP) is 2.76. The van der Waals surface area contributed by atoms with Crippen LogP contribution in [-0.2, 0) is 0 Å². The van der Waals surface area contributed by atoms with Crippen molar-refractivity contribution in [2.24, 2.45) is 0 Å². The summed E-state index contributed by atoms with van der Waals surface area (Å²) in [5.41, 5.74) is 1.01. The molecule has 3 aromatic rings. The molecule has 0 radical (unpaired) electrons. The van der Waals surface area contributed by atoms with Gasteiger partial charge in [-0.2, -0.15) is 0 Å². The Bertz CT molecular complexity index is 686. The van der Waals surface area contributed by atoms with Crippen LogP contribution in [0.4, 0.5) is 0 Å². The van der Waals surface area contributed by atoms with Crippen LogP contribution in [0.1, 0.15) is 10.5 Å². The maximum absolute atomic E-state index is 11.2. The Morgan fingerprint density at radius 1 is 1.29 bits per heavy atom. The van der Waals surface area contributed by atoms with E-state index in [0.29, 0.717) is 5.82 Å². The molecule has 0 aliphatic carbocycles. The van der Waals surface area contributed by atoms with Gasteiger partial charge in [0.05, 0.1) is 16.6 Å². The second kappa shape index (κ2) is 3.71. The lowest BCUT2D eigenvalue weighted by molar-refractivity contribution is 0.0689. The molecule has 0 bridgehead atoms. The Morgan fingerprint density at radius 2 is 2.18 bits per heavy atom. The van der Waals surface area contributed by atoms with E-state index in [2.05, 4.69) is 4.98 Å². The zero-order valence-electron chi connectivity index (χ0n) is 8.70. The second-order valence-corrected chi connectivity index (χ2v) is 4.48. The van der Waals surface area contributed by atoms with Gasteiger partial charge in [-0.05, 0) is 23.6 Å². The maximum atomic E-state index is 11.2. The molecule has 0 atom stereocenters. The second-order valence-electron chi connectivity index (χ2n) is 3.54. The number of thiophene rings is 1. The van der Waals surface area contributed by atoms with E-state index < -0.39 is 5.97 Å². The predicted molar refractivity (Wildman–Crippen MR) is 65.5 cm³/mol. The first-order valence-corrected chi connectivity index (χ1v) is 5.89. The molecule has 84 valence electrons. The lowest BCUT2D eigenvalue weighted by Crippen LogP contribution is -2.05. The van der Waals surface area contributed by atoms with Crippen molar-refractivity contribution in [3.05, 3.63) is 47.6 Å². The molecule has 0 aromatic carbocycles. The van der Waals surface area contributed by atoms with Gasteiger partial charge in [0, 0.05) is 0 Å². The van der Waals surface area contributed by atoms with Crippen LogP contribution in [0.15, 0.2) is 41.9 Å². The van der Waals surface area contributed by atoms with Crippen LogP contribution in [0.2, 0.25) is 0 Å². The van der Waals surface area contributed by atoms with Crippen molar-refractivity contribution in [2.75, 3.05) is 0 Å². The summed E-state index contributed by atoms with van der Waals surface area (Å²) in [5, 5.41) is 11.1. The lowest BCUT2D eigenvalue weighted by atomic mass is 10.3. The number of aromatic carboxylic acids is 1. The van der Waals surface area contributed by atoms with E-state index in [1.54, 1.807) is 22.7 Å². The largest absolute Gasteiger partial charge is 0.477 e. The van der Waals surface area contributed by atoms with Crippen LogP contribution in [0, 0.1) is 0 Å². The quantitative estimate of drug-likeness (QED) is 0.754. The molecular formula is C12H8N2O2S. The minimum Gasteiger partial charge on any atom is -0.477 e. The fourth-order valence-corrected chi connectivity index (χ4v) is 2.50. The summed E-state index contributed by atoms with van der Waals surface area (Å²) in [4.78, 5) is 16.4. The number of carboxylic acid groups (broad SMARTS) is 1. The van der Waals surface area contributed by atoms with Crippen molar-refractivity contribution in [3.63, 3.8) is 0 Å². The highest BCUT2D eigenvalue weighted by atomic mass is 32.1. The van der Waals surface area contributed by atoms with Crippen LogP contribution in [0.25, 0.3) is 16.2 Å². The summed E-state index contributed by atoms with van der Waals surface area (Å²) in [6.45, 7) is 0. The third-order valence-corrected chi connectivity index (χ3v) is 3.38. The first-order chi connectivity index (χ1) is 8.27. The fraction of sp³-hybridized carbons (Fsp3) is 0. The Hall–Kier alpha value is -2.14. The standard InChI is InChI=1S/C12H8N2O2S/c15-12(16)9-4-1-3-8-7-13-11(14(8)9)10-5-2-6-17-10/h1-7H,(H,15,16). The number of aromatic nitrogens is 2. The zero-order valence-corrected chi connectivity index (χ0v) is 9.52. The molecular weight excluding hydrogens is 236 g/mol. The zero-order chi connectivity index (χ0) is 11.8. The summed E-state index contributed by atoms with van der Waals surface area (Å²) < 4.78 is 1.66. The molecule has 0 saturated heterocycles. The Morgan fingerprint density at radius 3 is 2.88 bits per heavy atom. The third kappa shape index (κ3) is 1.52. The van der Waals surface area contributed by atoms with Gasteiger partial charge in [-0.1, -0.05) is 12.1 Å². The summed E-state index contributed by atoms with van der Waals surface area (Å²) in [6, 6.07) is 8.99.